The molecule has 1 aromatic carbocycles. The normalized spacial score (nSPS) is 11.5. The second-order valence-electron chi connectivity index (χ2n) is 3.67. The van der Waals surface area contributed by atoms with E-state index in [9.17, 15) is 18.0 Å². The van der Waals surface area contributed by atoms with Crippen LogP contribution in [0, 0.1) is 0 Å². The van der Waals surface area contributed by atoms with Crippen LogP contribution in [-0.2, 0) is 0 Å². The van der Waals surface area contributed by atoms with E-state index in [2.05, 4.69) is 15.9 Å². The van der Waals surface area contributed by atoms with Crippen LogP contribution in [0.4, 0.5) is 18.9 Å². The van der Waals surface area contributed by atoms with Crippen molar-refractivity contribution in [3.05, 3.63) is 28.2 Å². The SMILES string of the molecule is Nc1cc(Br)cc(C(=O)CCCC(F)(F)F)c1. The van der Waals surface area contributed by atoms with Gasteiger partial charge in [-0.05, 0) is 24.6 Å². The highest BCUT2D eigenvalue weighted by Crippen LogP contribution is 2.24. The van der Waals surface area contributed by atoms with Crippen LogP contribution in [0.5, 0.6) is 0 Å². The Morgan fingerprint density at radius 3 is 2.47 bits per heavy atom. The average Bonchev–Trinajstić information content (AvgIpc) is 2.13. The molecule has 6 heteroatoms. The van der Waals surface area contributed by atoms with Crippen molar-refractivity contribution in [1.82, 2.24) is 0 Å². The van der Waals surface area contributed by atoms with E-state index in [1.54, 1.807) is 12.1 Å². The number of alkyl halides is 3. The molecule has 0 amide bonds. The van der Waals surface area contributed by atoms with Crippen LogP contribution in [-0.4, -0.2) is 12.0 Å². The zero-order valence-electron chi connectivity index (χ0n) is 8.85. The number of nitrogen functional groups attached to an aromatic ring is 1. The predicted molar refractivity (Wildman–Crippen MR) is 62.8 cm³/mol. The lowest BCUT2D eigenvalue weighted by molar-refractivity contribution is -0.135. The molecule has 0 spiro atoms. The fraction of sp³-hybridized carbons (Fsp3) is 0.364. The first-order valence-electron chi connectivity index (χ1n) is 4.94. The number of hydrogen-bond acceptors (Lipinski definition) is 2. The Kier molecular flexibility index (Phi) is 4.56. The summed E-state index contributed by atoms with van der Waals surface area (Å²) < 4.78 is 36.3. The fourth-order valence-corrected chi connectivity index (χ4v) is 1.88. The summed E-state index contributed by atoms with van der Waals surface area (Å²) in [6, 6.07) is 4.62. The molecule has 0 heterocycles. The van der Waals surface area contributed by atoms with Crippen LogP contribution in [0.25, 0.3) is 0 Å². The first-order chi connectivity index (χ1) is 7.78. The summed E-state index contributed by atoms with van der Waals surface area (Å²) in [4.78, 5) is 11.6. The number of hydrogen-bond donors (Lipinski definition) is 1. The minimum atomic E-state index is -4.21. The van der Waals surface area contributed by atoms with Crippen LogP contribution in [0.15, 0.2) is 22.7 Å². The third-order valence-electron chi connectivity index (χ3n) is 2.11. The molecule has 0 aliphatic heterocycles. The van der Waals surface area contributed by atoms with Crippen molar-refractivity contribution in [2.24, 2.45) is 0 Å². The molecule has 0 aromatic heterocycles. The molecule has 0 unspecified atom stereocenters. The van der Waals surface area contributed by atoms with Gasteiger partial charge in [0.1, 0.15) is 0 Å². The summed E-state index contributed by atoms with van der Waals surface area (Å²) in [6.45, 7) is 0. The predicted octanol–water partition coefficient (Wildman–Crippen LogP) is 3.95. The molecule has 17 heavy (non-hydrogen) atoms. The third-order valence-corrected chi connectivity index (χ3v) is 2.56. The van der Waals surface area contributed by atoms with Crippen molar-refractivity contribution < 1.29 is 18.0 Å². The van der Waals surface area contributed by atoms with Crippen molar-refractivity contribution in [3.8, 4) is 0 Å². The van der Waals surface area contributed by atoms with Crippen LogP contribution in [0.2, 0.25) is 0 Å². The summed E-state index contributed by atoms with van der Waals surface area (Å²) in [7, 11) is 0. The Labute approximate surface area is 105 Å². The minimum absolute atomic E-state index is 0.130. The zero-order chi connectivity index (χ0) is 13.1. The lowest BCUT2D eigenvalue weighted by Crippen LogP contribution is -2.08. The maximum atomic E-state index is 11.9. The van der Waals surface area contributed by atoms with E-state index in [0.717, 1.165) is 0 Å². The van der Waals surface area contributed by atoms with Crippen LogP contribution in [0.1, 0.15) is 29.6 Å². The average molecular weight is 310 g/mol. The number of nitrogens with two attached hydrogens (primary N) is 1. The second kappa shape index (κ2) is 5.53. The number of carbonyl (C=O) groups excluding carboxylic acids is 1. The number of carbonyl (C=O) groups is 1. The van der Waals surface area contributed by atoms with Crippen molar-refractivity contribution in [2.75, 3.05) is 5.73 Å². The Hall–Kier alpha value is -1.04. The van der Waals surface area contributed by atoms with Gasteiger partial charge in [0.05, 0.1) is 0 Å². The molecule has 0 saturated carbocycles. The first-order valence-corrected chi connectivity index (χ1v) is 5.73. The van der Waals surface area contributed by atoms with Gasteiger partial charge < -0.3 is 5.73 Å². The van der Waals surface area contributed by atoms with Crippen molar-refractivity contribution in [2.45, 2.75) is 25.4 Å². The standard InChI is InChI=1S/C11H11BrF3NO/c12-8-4-7(5-9(16)6-8)10(17)2-1-3-11(13,14)15/h4-6H,1-3,16H2. The summed E-state index contributed by atoms with van der Waals surface area (Å²) in [5, 5.41) is 0. The highest BCUT2D eigenvalue weighted by Gasteiger charge is 2.26. The number of ketones is 1. The van der Waals surface area contributed by atoms with E-state index in [0.29, 0.717) is 15.7 Å². The zero-order valence-corrected chi connectivity index (χ0v) is 10.4. The Morgan fingerprint density at radius 2 is 1.94 bits per heavy atom. The van der Waals surface area contributed by atoms with E-state index in [1.165, 1.54) is 6.07 Å². The summed E-state index contributed by atoms with van der Waals surface area (Å²) >= 11 is 3.17. The minimum Gasteiger partial charge on any atom is -0.399 e. The number of benzene rings is 1. The molecular formula is C11H11BrF3NO. The fourth-order valence-electron chi connectivity index (χ4n) is 1.37. The van der Waals surface area contributed by atoms with E-state index in [4.69, 9.17) is 5.73 Å². The van der Waals surface area contributed by atoms with Crippen molar-refractivity contribution >= 4 is 27.4 Å². The number of rotatable bonds is 4. The van der Waals surface area contributed by atoms with Crippen molar-refractivity contribution in [1.29, 1.82) is 0 Å². The molecule has 2 N–H and O–H groups in total. The molecule has 0 fully saturated rings. The van der Waals surface area contributed by atoms with Gasteiger partial charge in [-0.25, -0.2) is 0 Å². The van der Waals surface area contributed by atoms with Gasteiger partial charge in [-0.3, -0.25) is 4.79 Å². The van der Waals surface area contributed by atoms with Gasteiger partial charge in [0.25, 0.3) is 0 Å². The molecule has 1 aromatic rings. The number of anilines is 1. The van der Waals surface area contributed by atoms with Gasteiger partial charge in [-0.1, -0.05) is 15.9 Å². The summed E-state index contributed by atoms with van der Waals surface area (Å²) in [5.41, 5.74) is 6.27. The molecule has 0 aliphatic rings. The van der Waals surface area contributed by atoms with Gasteiger partial charge in [0.2, 0.25) is 0 Å². The topological polar surface area (TPSA) is 43.1 Å². The molecular weight excluding hydrogens is 299 g/mol. The lowest BCUT2D eigenvalue weighted by atomic mass is 10.0. The third kappa shape index (κ3) is 5.21. The van der Waals surface area contributed by atoms with Crippen molar-refractivity contribution in [3.63, 3.8) is 0 Å². The smallest absolute Gasteiger partial charge is 0.389 e. The monoisotopic (exact) mass is 309 g/mol. The van der Waals surface area contributed by atoms with E-state index >= 15 is 0 Å². The van der Waals surface area contributed by atoms with Gasteiger partial charge in [0, 0.05) is 28.6 Å². The second-order valence-corrected chi connectivity index (χ2v) is 4.58. The molecule has 2 nitrogen and oxygen atoms in total. The van der Waals surface area contributed by atoms with Crippen LogP contribution in [0.3, 0.4) is 0 Å². The van der Waals surface area contributed by atoms with E-state index < -0.39 is 12.6 Å². The quantitative estimate of drug-likeness (QED) is 0.676. The van der Waals surface area contributed by atoms with Gasteiger partial charge in [-0.15, -0.1) is 0 Å². The molecule has 0 bridgehead atoms. The number of halogens is 4. The summed E-state index contributed by atoms with van der Waals surface area (Å²) in [5.74, 6) is -0.331. The maximum Gasteiger partial charge on any atom is 0.389 e. The first kappa shape index (κ1) is 14.0. The van der Waals surface area contributed by atoms with Gasteiger partial charge in [0.15, 0.2) is 5.78 Å². The van der Waals surface area contributed by atoms with Crippen LogP contribution >= 0.6 is 15.9 Å². The highest BCUT2D eigenvalue weighted by atomic mass is 79.9. The molecule has 1 rings (SSSR count). The lowest BCUT2D eigenvalue weighted by Gasteiger charge is -2.06. The van der Waals surface area contributed by atoms with E-state index in [-0.39, 0.29) is 18.6 Å². The Bertz CT molecular complexity index is 397. The molecule has 94 valence electrons. The summed E-state index contributed by atoms with van der Waals surface area (Å²) in [6.07, 6.45) is -5.48. The van der Waals surface area contributed by atoms with Crippen LogP contribution < -0.4 is 5.73 Å². The maximum absolute atomic E-state index is 11.9. The molecule has 0 saturated heterocycles. The van der Waals surface area contributed by atoms with Gasteiger partial charge in [-0.2, -0.15) is 13.2 Å². The molecule has 0 aliphatic carbocycles. The largest absolute Gasteiger partial charge is 0.399 e. The van der Waals surface area contributed by atoms with Gasteiger partial charge >= 0.3 is 6.18 Å². The molecule has 0 radical (unpaired) electrons. The Morgan fingerprint density at radius 1 is 1.29 bits per heavy atom. The Balaban J connectivity index is 2.58. The van der Waals surface area contributed by atoms with E-state index in [1.807, 2.05) is 0 Å². The molecule has 0 atom stereocenters. The highest BCUT2D eigenvalue weighted by molar-refractivity contribution is 9.10. The number of Topliss-reactive ketones (excluding diaryl/α,β-unsaturated/α-hetero) is 1.